The van der Waals surface area contributed by atoms with E-state index in [1.54, 1.807) is 11.3 Å². The highest BCUT2D eigenvalue weighted by atomic mass is 35.5. The van der Waals surface area contributed by atoms with E-state index < -0.39 is 0 Å². The van der Waals surface area contributed by atoms with Gasteiger partial charge in [-0.2, -0.15) is 5.10 Å². The molecule has 0 amide bonds. The van der Waals surface area contributed by atoms with Crippen LogP contribution in [0.2, 0.25) is 5.02 Å². The van der Waals surface area contributed by atoms with Crippen LogP contribution in [0.5, 0.6) is 0 Å². The Morgan fingerprint density at radius 2 is 2.16 bits per heavy atom. The monoisotopic (exact) mass is 289 g/mol. The van der Waals surface area contributed by atoms with Gasteiger partial charge in [-0.1, -0.05) is 41.4 Å². The van der Waals surface area contributed by atoms with Crippen molar-refractivity contribution in [3.63, 3.8) is 0 Å². The molecule has 0 aliphatic rings. The second-order valence-electron chi connectivity index (χ2n) is 4.33. The van der Waals surface area contributed by atoms with Gasteiger partial charge in [-0.25, -0.2) is 0 Å². The zero-order chi connectivity index (χ0) is 13.4. The molecule has 0 spiro atoms. The Bertz CT molecular complexity index is 730. The molecule has 0 saturated heterocycles. The predicted octanol–water partition coefficient (Wildman–Crippen LogP) is 4.35. The van der Waals surface area contributed by atoms with Crippen molar-refractivity contribution in [2.45, 2.75) is 6.92 Å². The summed E-state index contributed by atoms with van der Waals surface area (Å²) in [6, 6.07) is 10.1. The van der Waals surface area contributed by atoms with Crippen LogP contribution in [-0.2, 0) is 0 Å². The van der Waals surface area contributed by atoms with Gasteiger partial charge in [0.25, 0.3) is 0 Å². The molecule has 3 N–H and O–H groups in total. The SMILES string of the molecule is Cc1cccc(-c2c(N)n[nH]c2-c2sccc2Cl)c1. The van der Waals surface area contributed by atoms with Crippen LogP contribution >= 0.6 is 22.9 Å². The largest absolute Gasteiger partial charge is 0.382 e. The third kappa shape index (κ3) is 2.13. The number of benzene rings is 1. The first-order chi connectivity index (χ1) is 9.16. The Morgan fingerprint density at radius 1 is 1.32 bits per heavy atom. The van der Waals surface area contributed by atoms with Crippen molar-refractivity contribution in [3.8, 4) is 21.7 Å². The third-order valence-electron chi connectivity index (χ3n) is 2.95. The summed E-state index contributed by atoms with van der Waals surface area (Å²) in [4.78, 5) is 0.961. The molecule has 5 heteroatoms. The van der Waals surface area contributed by atoms with E-state index >= 15 is 0 Å². The third-order valence-corrected chi connectivity index (χ3v) is 4.30. The van der Waals surface area contributed by atoms with Crippen molar-refractivity contribution in [2.75, 3.05) is 5.73 Å². The van der Waals surface area contributed by atoms with Gasteiger partial charge in [-0.15, -0.1) is 11.3 Å². The lowest BCUT2D eigenvalue weighted by Crippen LogP contribution is -1.88. The number of H-pyrrole nitrogens is 1. The fraction of sp³-hybridized carbons (Fsp3) is 0.0714. The van der Waals surface area contributed by atoms with Crippen molar-refractivity contribution in [1.82, 2.24) is 10.2 Å². The van der Waals surface area contributed by atoms with Gasteiger partial charge in [0.05, 0.1) is 21.2 Å². The number of nitrogens with one attached hydrogen (secondary N) is 1. The standard InChI is InChI=1S/C14H12ClN3S/c1-8-3-2-4-9(7-8)11-12(17-18-14(11)16)13-10(15)5-6-19-13/h2-7H,1H3,(H3,16,17,18). The van der Waals surface area contributed by atoms with E-state index in [4.69, 9.17) is 17.3 Å². The van der Waals surface area contributed by atoms with Gasteiger partial charge in [-0.3, -0.25) is 5.10 Å². The van der Waals surface area contributed by atoms with Crippen molar-refractivity contribution >= 4 is 28.8 Å². The number of aromatic nitrogens is 2. The number of nitrogens with two attached hydrogens (primary N) is 1. The number of halogens is 1. The first-order valence-corrected chi connectivity index (χ1v) is 7.07. The smallest absolute Gasteiger partial charge is 0.153 e. The van der Waals surface area contributed by atoms with E-state index in [1.807, 2.05) is 23.6 Å². The number of hydrogen-bond acceptors (Lipinski definition) is 3. The summed E-state index contributed by atoms with van der Waals surface area (Å²) in [5.41, 5.74) is 10.0. The van der Waals surface area contributed by atoms with Crippen LogP contribution in [0.15, 0.2) is 35.7 Å². The Hall–Kier alpha value is -1.78. The fourth-order valence-corrected chi connectivity index (χ4v) is 3.24. The molecule has 19 heavy (non-hydrogen) atoms. The fourth-order valence-electron chi connectivity index (χ4n) is 2.09. The van der Waals surface area contributed by atoms with Crippen LogP contribution in [0, 0.1) is 6.92 Å². The number of hydrogen-bond donors (Lipinski definition) is 2. The molecule has 2 aromatic heterocycles. The number of anilines is 1. The number of nitrogen functional groups attached to an aromatic ring is 1. The lowest BCUT2D eigenvalue weighted by atomic mass is 10.0. The highest BCUT2D eigenvalue weighted by Crippen LogP contribution is 2.40. The van der Waals surface area contributed by atoms with Crippen LogP contribution in [0.4, 0.5) is 5.82 Å². The molecule has 0 unspecified atom stereocenters. The molecule has 0 fully saturated rings. The molecule has 96 valence electrons. The summed E-state index contributed by atoms with van der Waals surface area (Å²) in [6.45, 7) is 2.05. The molecule has 3 nitrogen and oxygen atoms in total. The second kappa shape index (κ2) is 4.72. The molecule has 0 bridgehead atoms. The van der Waals surface area contributed by atoms with E-state index in [1.165, 1.54) is 5.56 Å². The lowest BCUT2D eigenvalue weighted by Gasteiger charge is -2.04. The van der Waals surface area contributed by atoms with E-state index in [0.29, 0.717) is 10.8 Å². The van der Waals surface area contributed by atoms with Crippen molar-refractivity contribution in [1.29, 1.82) is 0 Å². The minimum atomic E-state index is 0.491. The molecule has 0 radical (unpaired) electrons. The number of rotatable bonds is 2. The average molecular weight is 290 g/mol. The molecule has 0 saturated carbocycles. The molecular formula is C14H12ClN3S. The van der Waals surface area contributed by atoms with Crippen LogP contribution in [0.1, 0.15) is 5.56 Å². The first kappa shape index (κ1) is 12.3. The summed E-state index contributed by atoms with van der Waals surface area (Å²) < 4.78 is 0. The summed E-state index contributed by atoms with van der Waals surface area (Å²) in [7, 11) is 0. The van der Waals surface area contributed by atoms with Gasteiger partial charge in [-0.05, 0) is 23.9 Å². The van der Waals surface area contributed by atoms with Crippen LogP contribution < -0.4 is 5.73 Å². The number of aryl methyl sites for hydroxylation is 1. The highest BCUT2D eigenvalue weighted by Gasteiger charge is 2.17. The maximum Gasteiger partial charge on any atom is 0.153 e. The van der Waals surface area contributed by atoms with Crippen LogP contribution in [-0.4, -0.2) is 10.2 Å². The molecule has 3 aromatic rings. The van der Waals surface area contributed by atoms with Crippen molar-refractivity contribution < 1.29 is 0 Å². The van der Waals surface area contributed by atoms with E-state index in [0.717, 1.165) is 21.7 Å². The summed E-state index contributed by atoms with van der Waals surface area (Å²) in [5, 5.41) is 9.77. The van der Waals surface area contributed by atoms with Gasteiger partial charge in [0, 0.05) is 0 Å². The Labute approximate surface area is 120 Å². The summed E-state index contributed by atoms with van der Waals surface area (Å²) >= 11 is 7.77. The topological polar surface area (TPSA) is 54.7 Å². The highest BCUT2D eigenvalue weighted by molar-refractivity contribution is 7.14. The zero-order valence-corrected chi connectivity index (χ0v) is 11.8. The minimum Gasteiger partial charge on any atom is -0.382 e. The van der Waals surface area contributed by atoms with Gasteiger partial charge in [0.1, 0.15) is 0 Å². The normalized spacial score (nSPS) is 10.8. The van der Waals surface area contributed by atoms with Crippen LogP contribution in [0.3, 0.4) is 0 Å². The van der Waals surface area contributed by atoms with Crippen LogP contribution in [0.25, 0.3) is 21.7 Å². The minimum absolute atomic E-state index is 0.491. The summed E-state index contributed by atoms with van der Waals surface area (Å²) in [6.07, 6.45) is 0. The number of aromatic amines is 1. The quantitative estimate of drug-likeness (QED) is 0.737. The number of thiophene rings is 1. The van der Waals surface area contributed by atoms with Gasteiger partial charge < -0.3 is 5.73 Å². The van der Waals surface area contributed by atoms with Crippen molar-refractivity contribution in [3.05, 3.63) is 46.3 Å². The molecule has 0 atom stereocenters. The molecule has 0 aliphatic heterocycles. The first-order valence-electron chi connectivity index (χ1n) is 5.81. The molecular weight excluding hydrogens is 278 g/mol. The van der Waals surface area contributed by atoms with Gasteiger partial charge >= 0.3 is 0 Å². The predicted molar refractivity (Wildman–Crippen MR) is 81.5 cm³/mol. The van der Waals surface area contributed by atoms with E-state index in [2.05, 4.69) is 29.3 Å². The molecule has 0 aliphatic carbocycles. The van der Waals surface area contributed by atoms with Crippen molar-refractivity contribution in [2.24, 2.45) is 0 Å². The Balaban J connectivity index is 2.22. The molecule has 1 aromatic carbocycles. The van der Waals surface area contributed by atoms with E-state index in [-0.39, 0.29) is 0 Å². The second-order valence-corrected chi connectivity index (χ2v) is 5.65. The maximum absolute atomic E-state index is 6.20. The van der Waals surface area contributed by atoms with E-state index in [9.17, 15) is 0 Å². The number of nitrogens with zero attached hydrogens (tertiary/aromatic N) is 1. The average Bonchev–Trinajstić information content (AvgIpc) is 2.95. The summed E-state index contributed by atoms with van der Waals surface area (Å²) in [5.74, 6) is 0.491. The Kier molecular flexibility index (Phi) is 3.05. The van der Waals surface area contributed by atoms with Gasteiger partial charge in [0.15, 0.2) is 5.82 Å². The lowest BCUT2D eigenvalue weighted by molar-refractivity contribution is 1.11. The molecule has 3 rings (SSSR count). The molecule has 2 heterocycles. The zero-order valence-electron chi connectivity index (χ0n) is 10.3. The van der Waals surface area contributed by atoms with Gasteiger partial charge in [0.2, 0.25) is 0 Å². The Morgan fingerprint density at radius 3 is 2.84 bits per heavy atom. The maximum atomic E-state index is 6.20.